The van der Waals surface area contributed by atoms with Crippen molar-refractivity contribution in [2.45, 2.75) is 19.0 Å². The fraction of sp³-hybridized carbons (Fsp3) is 0.273. The highest BCUT2D eigenvalue weighted by Crippen LogP contribution is 2.38. The molecule has 0 saturated heterocycles. The first-order valence-corrected chi connectivity index (χ1v) is 5.73. The average Bonchev–Trinajstić information content (AvgIpc) is 2.77. The van der Waals surface area contributed by atoms with Crippen LogP contribution in [0.25, 0.3) is 10.6 Å². The molecule has 2 nitrogen and oxygen atoms in total. The van der Waals surface area contributed by atoms with Gasteiger partial charge in [0.15, 0.2) is 0 Å². The van der Waals surface area contributed by atoms with E-state index in [9.17, 15) is 13.2 Å². The maximum atomic E-state index is 12.5. The first-order chi connectivity index (χ1) is 7.98. The lowest BCUT2D eigenvalue weighted by Crippen LogP contribution is -2.16. The van der Waals surface area contributed by atoms with Gasteiger partial charge in [-0.25, -0.2) is 4.98 Å². The van der Waals surface area contributed by atoms with Gasteiger partial charge in [0.05, 0.1) is 5.92 Å². The van der Waals surface area contributed by atoms with Crippen LogP contribution in [-0.2, 0) is 0 Å². The van der Waals surface area contributed by atoms with E-state index in [4.69, 9.17) is 0 Å². The van der Waals surface area contributed by atoms with E-state index < -0.39 is 12.1 Å². The maximum absolute atomic E-state index is 12.5. The summed E-state index contributed by atoms with van der Waals surface area (Å²) in [5.74, 6) is -1.48. The van der Waals surface area contributed by atoms with Crippen molar-refractivity contribution in [3.8, 4) is 10.6 Å². The molecule has 0 amide bonds. The van der Waals surface area contributed by atoms with E-state index in [1.165, 1.54) is 6.20 Å². The first kappa shape index (κ1) is 12.0. The molecule has 0 fully saturated rings. The number of thiazole rings is 1. The maximum Gasteiger partial charge on any atom is 0.396 e. The van der Waals surface area contributed by atoms with Gasteiger partial charge in [0, 0.05) is 29.0 Å². The van der Waals surface area contributed by atoms with Crippen molar-refractivity contribution in [2.75, 3.05) is 0 Å². The molecule has 0 aliphatic carbocycles. The highest BCUT2D eigenvalue weighted by molar-refractivity contribution is 7.15. The smallest absolute Gasteiger partial charge is 0.264 e. The van der Waals surface area contributed by atoms with E-state index in [-0.39, 0.29) is 4.88 Å². The van der Waals surface area contributed by atoms with Gasteiger partial charge < -0.3 is 0 Å². The van der Waals surface area contributed by atoms with Crippen LogP contribution in [0.3, 0.4) is 0 Å². The normalized spacial score (nSPS) is 13.6. The van der Waals surface area contributed by atoms with Crippen LogP contribution in [0.15, 0.2) is 30.7 Å². The second-order valence-corrected chi connectivity index (χ2v) is 4.64. The van der Waals surface area contributed by atoms with Crippen LogP contribution in [0.5, 0.6) is 0 Å². The Bertz CT molecular complexity index is 493. The van der Waals surface area contributed by atoms with E-state index in [1.807, 2.05) is 0 Å². The standard InChI is InChI=1S/C11H9F3N2S/c1-7(11(12,13)14)9-6-16-10(17-9)8-3-2-4-15-5-8/h2-7H,1H3. The summed E-state index contributed by atoms with van der Waals surface area (Å²) in [7, 11) is 0. The van der Waals surface area contributed by atoms with Crippen LogP contribution in [0, 0.1) is 0 Å². The molecule has 0 radical (unpaired) electrons. The Morgan fingerprint density at radius 3 is 2.65 bits per heavy atom. The third-order valence-corrected chi connectivity index (χ3v) is 3.58. The predicted molar refractivity (Wildman–Crippen MR) is 59.8 cm³/mol. The molecule has 0 bridgehead atoms. The summed E-state index contributed by atoms with van der Waals surface area (Å²) >= 11 is 1.05. The van der Waals surface area contributed by atoms with Crippen molar-refractivity contribution in [2.24, 2.45) is 0 Å². The number of hydrogen-bond acceptors (Lipinski definition) is 3. The molecule has 0 aliphatic heterocycles. The number of rotatable bonds is 2. The topological polar surface area (TPSA) is 25.8 Å². The summed E-state index contributed by atoms with van der Waals surface area (Å²) < 4.78 is 37.5. The number of aromatic nitrogens is 2. The van der Waals surface area contributed by atoms with Crippen LogP contribution < -0.4 is 0 Å². The van der Waals surface area contributed by atoms with E-state index >= 15 is 0 Å². The molecule has 1 atom stereocenters. The van der Waals surface area contributed by atoms with E-state index in [0.29, 0.717) is 5.01 Å². The Balaban J connectivity index is 2.28. The summed E-state index contributed by atoms with van der Waals surface area (Å²) in [4.78, 5) is 8.13. The molecule has 17 heavy (non-hydrogen) atoms. The fourth-order valence-electron chi connectivity index (χ4n) is 1.27. The Kier molecular flexibility index (Phi) is 3.15. The van der Waals surface area contributed by atoms with Gasteiger partial charge in [0.25, 0.3) is 0 Å². The minimum atomic E-state index is -4.22. The quantitative estimate of drug-likeness (QED) is 0.817. The summed E-state index contributed by atoms with van der Waals surface area (Å²) in [5.41, 5.74) is 0.734. The van der Waals surface area contributed by atoms with Crippen molar-refractivity contribution in [3.63, 3.8) is 0 Å². The molecule has 2 aromatic rings. The molecule has 0 spiro atoms. The van der Waals surface area contributed by atoms with Crippen molar-refractivity contribution in [3.05, 3.63) is 35.6 Å². The molecular weight excluding hydrogens is 249 g/mol. The van der Waals surface area contributed by atoms with E-state index in [1.54, 1.807) is 24.5 Å². The van der Waals surface area contributed by atoms with Gasteiger partial charge in [-0.1, -0.05) is 0 Å². The molecule has 0 saturated carbocycles. The van der Waals surface area contributed by atoms with Crippen molar-refractivity contribution >= 4 is 11.3 Å². The van der Waals surface area contributed by atoms with Crippen LogP contribution in [-0.4, -0.2) is 16.1 Å². The van der Waals surface area contributed by atoms with Crippen LogP contribution in [0.2, 0.25) is 0 Å². The van der Waals surface area contributed by atoms with Gasteiger partial charge >= 0.3 is 6.18 Å². The predicted octanol–water partition coefficient (Wildman–Crippen LogP) is 3.87. The average molecular weight is 258 g/mol. The summed E-state index contributed by atoms with van der Waals surface area (Å²) in [6.07, 6.45) is 0.251. The number of hydrogen-bond donors (Lipinski definition) is 0. The Morgan fingerprint density at radius 2 is 2.06 bits per heavy atom. The van der Waals surface area contributed by atoms with Crippen molar-refractivity contribution in [1.82, 2.24) is 9.97 Å². The van der Waals surface area contributed by atoms with Gasteiger partial charge in [-0.05, 0) is 19.1 Å². The van der Waals surface area contributed by atoms with E-state index in [0.717, 1.165) is 23.8 Å². The summed E-state index contributed by atoms with van der Waals surface area (Å²) in [6.45, 7) is 1.14. The van der Waals surface area contributed by atoms with Crippen LogP contribution in [0.1, 0.15) is 17.7 Å². The lowest BCUT2D eigenvalue weighted by molar-refractivity contribution is -0.145. The second kappa shape index (κ2) is 4.44. The zero-order valence-corrected chi connectivity index (χ0v) is 9.72. The van der Waals surface area contributed by atoms with Crippen molar-refractivity contribution in [1.29, 1.82) is 0 Å². The zero-order chi connectivity index (χ0) is 12.5. The van der Waals surface area contributed by atoms with Crippen LogP contribution in [0.4, 0.5) is 13.2 Å². The number of pyridine rings is 1. The molecule has 2 rings (SSSR count). The minimum Gasteiger partial charge on any atom is -0.264 e. The second-order valence-electron chi connectivity index (χ2n) is 3.57. The highest BCUT2D eigenvalue weighted by atomic mass is 32.1. The third kappa shape index (κ3) is 2.63. The molecule has 0 aliphatic rings. The number of nitrogens with zero attached hydrogens (tertiary/aromatic N) is 2. The Labute approximate surface area is 100 Å². The molecule has 2 heterocycles. The lowest BCUT2D eigenvalue weighted by atomic mass is 10.1. The van der Waals surface area contributed by atoms with Gasteiger partial charge in [-0.2, -0.15) is 13.2 Å². The lowest BCUT2D eigenvalue weighted by Gasteiger charge is -2.12. The Hall–Kier alpha value is -1.43. The number of halogens is 3. The van der Waals surface area contributed by atoms with Crippen molar-refractivity contribution < 1.29 is 13.2 Å². The minimum absolute atomic E-state index is 0.219. The first-order valence-electron chi connectivity index (χ1n) is 4.91. The van der Waals surface area contributed by atoms with Gasteiger partial charge in [-0.15, -0.1) is 11.3 Å². The van der Waals surface area contributed by atoms with Gasteiger partial charge in [-0.3, -0.25) is 4.98 Å². The molecule has 0 aromatic carbocycles. The van der Waals surface area contributed by atoms with Gasteiger partial charge in [0.2, 0.25) is 0 Å². The Morgan fingerprint density at radius 1 is 1.29 bits per heavy atom. The fourth-order valence-corrected chi connectivity index (χ4v) is 2.25. The SMILES string of the molecule is CC(c1cnc(-c2cccnc2)s1)C(F)(F)F. The van der Waals surface area contributed by atoms with Crippen LogP contribution >= 0.6 is 11.3 Å². The molecule has 0 N–H and O–H groups in total. The number of alkyl halides is 3. The summed E-state index contributed by atoms with van der Waals surface area (Å²) in [6, 6.07) is 3.50. The van der Waals surface area contributed by atoms with Gasteiger partial charge in [0.1, 0.15) is 5.01 Å². The molecule has 2 aromatic heterocycles. The van der Waals surface area contributed by atoms with E-state index in [2.05, 4.69) is 9.97 Å². The third-order valence-electron chi connectivity index (χ3n) is 2.35. The largest absolute Gasteiger partial charge is 0.396 e. The molecule has 1 unspecified atom stereocenters. The molecule has 90 valence electrons. The zero-order valence-electron chi connectivity index (χ0n) is 8.90. The highest BCUT2D eigenvalue weighted by Gasteiger charge is 2.38. The molecule has 6 heteroatoms. The molecular formula is C11H9F3N2S. The monoisotopic (exact) mass is 258 g/mol. The summed E-state index contributed by atoms with van der Waals surface area (Å²) in [5, 5.41) is 0.559.